The number of rotatable bonds is 2. The molecule has 0 unspecified atom stereocenters. The highest BCUT2D eigenvalue weighted by Gasteiger charge is 2.20. The average Bonchev–Trinajstić information content (AvgIpc) is 2.38. The van der Waals surface area contributed by atoms with Crippen molar-refractivity contribution >= 4 is 23.4 Å². The van der Waals surface area contributed by atoms with E-state index in [0.29, 0.717) is 12.3 Å². The monoisotopic (exact) mass is 262 g/mol. The van der Waals surface area contributed by atoms with Gasteiger partial charge < -0.3 is 9.64 Å². The SMILES string of the molecule is CCOC(=O)Nc1ccc2c(c1)N(C(C)=O)CCC2. The second-order valence-corrected chi connectivity index (χ2v) is 4.46. The van der Waals surface area contributed by atoms with E-state index in [4.69, 9.17) is 4.74 Å². The van der Waals surface area contributed by atoms with E-state index in [1.54, 1.807) is 18.7 Å². The molecule has 0 spiro atoms. The molecular weight excluding hydrogens is 244 g/mol. The normalized spacial score (nSPS) is 13.7. The van der Waals surface area contributed by atoms with Gasteiger partial charge in [0.15, 0.2) is 0 Å². The molecule has 102 valence electrons. The Morgan fingerprint density at radius 1 is 1.42 bits per heavy atom. The van der Waals surface area contributed by atoms with Crippen LogP contribution in [0.2, 0.25) is 0 Å². The van der Waals surface area contributed by atoms with Crippen LogP contribution in [0.1, 0.15) is 25.8 Å². The van der Waals surface area contributed by atoms with Gasteiger partial charge in [0.1, 0.15) is 0 Å². The van der Waals surface area contributed by atoms with Crippen molar-refractivity contribution in [3.63, 3.8) is 0 Å². The Bertz CT molecular complexity index is 499. The molecule has 1 aromatic rings. The summed E-state index contributed by atoms with van der Waals surface area (Å²) in [6, 6.07) is 5.61. The fraction of sp³-hybridized carbons (Fsp3) is 0.429. The van der Waals surface area contributed by atoms with E-state index in [-0.39, 0.29) is 5.91 Å². The number of hydrogen-bond acceptors (Lipinski definition) is 3. The van der Waals surface area contributed by atoms with Gasteiger partial charge in [-0.2, -0.15) is 0 Å². The molecule has 0 aliphatic carbocycles. The van der Waals surface area contributed by atoms with Gasteiger partial charge in [0.05, 0.1) is 6.61 Å². The van der Waals surface area contributed by atoms with Gasteiger partial charge in [-0.05, 0) is 37.5 Å². The Morgan fingerprint density at radius 2 is 2.21 bits per heavy atom. The van der Waals surface area contributed by atoms with Crippen LogP contribution in [0.15, 0.2) is 18.2 Å². The van der Waals surface area contributed by atoms with Crippen LogP contribution in [-0.2, 0) is 16.0 Å². The number of amides is 2. The van der Waals surface area contributed by atoms with Crippen LogP contribution in [0.3, 0.4) is 0 Å². The lowest BCUT2D eigenvalue weighted by atomic mass is 10.0. The van der Waals surface area contributed by atoms with Crippen molar-refractivity contribution in [1.29, 1.82) is 0 Å². The zero-order chi connectivity index (χ0) is 13.8. The third-order valence-electron chi connectivity index (χ3n) is 3.11. The van der Waals surface area contributed by atoms with Crippen molar-refractivity contribution in [3.8, 4) is 0 Å². The highest BCUT2D eigenvalue weighted by molar-refractivity contribution is 5.94. The van der Waals surface area contributed by atoms with Crippen LogP contribution in [-0.4, -0.2) is 25.2 Å². The van der Waals surface area contributed by atoms with E-state index in [9.17, 15) is 9.59 Å². The van der Waals surface area contributed by atoms with E-state index in [2.05, 4.69) is 5.32 Å². The topological polar surface area (TPSA) is 58.6 Å². The number of carbonyl (C=O) groups is 2. The smallest absolute Gasteiger partial charge is 0.411 e. The van der Waals surface area contributed by atoms with Gasteiger partial charge in [0.2, 0.25) is 5.91 Å². The Hall–Kier alpha value is -2.04. The largest absolute Gasteiger partial charge is 0.450 e. The van der Waals surface area contributed by atoms with Gasteiger partial charge in [0.25, 0.3) is 0 Å². The van der Waals surface area contributed by atoms with Crippen molar-refractivity contribution in [2.24, 2.45) is 0 Å². The number of aryl methyl sites for hydroxylation is 1. The number of nitrogens with one attached hydrogen (secondary N) is 1. The van der Waals surface area contributed by atoms with Gasteiger partial charge in [-0.25, -0.2) is 4.79 Å². The molecule has 1 aromatic carbocycles. The molecule has 0 radical (unpaired) electrons. The van der Waals surface area contributed by atoms with Crippen LogP contribution in [0.25, 0.3) is 0 Å². The first-order chi connectivity index (χ1) is 9.11. The zero-order valence-electron chi connectivity index (χ0n) is 11.2. The van der Waals surface area contributed by atoms with E-state index < -0.39 is 6.09 Å². The molecule has 5 nitrogen and oxygen atoms in total. The third kappa shape index (κ3) is 3.05. The molecule has 2 rings (SSSR count). The van der Waals surface area contributed by atoms with E-state index in [1.165, 1.54) is 0 Å². The van der Waals surface area contributed by atoms with E-state index in [1.807, 2.05) is 18.2 Å². The highest BCUT2D eigenvalue weighted by atomic mass is 16.5. The fourth-order valence-electron chi connectivity index (χ4n) is 2.26. The molecular formula is C14H18N2O3. The van der Waals surface area contributed by atoms with Gasteiger partial charge in [0, 0.05) is 24.8 Å². The maximum Gasteiger partial charge on any atom is 0.411 e. The van der Waals surface area contributed by atoms with Gasteiger partial charge in [-0.1, -0.05) is 6.07 Å². The summed E-state index contributed by atoms with van der Waals surface area (Å²) in [5, 5.41) is 2.65. The molecule has 19 heavy (non-hydrogen) atoms. The summed E-state index contributed by atoms with van der Waals surface area (Å²) < 4.78 is 4.83. The highest BCUT2D eigenvalue weighted by Crippen LogP contribution is 2.30. The minimum absolute atomic E-state index is 0.0224. The zero-order valence-corrected chi connectivity index (χ0v) is 11.2. The summed E-state index contributed by atoms with van der Waals surface area (Å²) in [7, 11) is 0. The van der Waals surface area contributed by atoms with Crippen LogP contribution in [0.5, 0.6) is 0 Å². The lowest BCUT2D eigenvalue weighted by Gasteiger charge is -2.29. The van der Waals surface area contributed by atoms with Crippen molar-refractivity contribution in [2.45, 2.75) is 26.7 Å². The number of anilines is 2. The Morgan fingerprint density at radius 3 is 2.89 bits per heavy atom. The molecule has 0 saturated heterocycles. The van der Waals surface area contributed by atoms with Crippen LogP contribution >= 0.6 is 0 Å². The van der Waals surface area contributed by atoms with Crippen LogP contribution in [0, 0.1) is 0 Å². The number of fused-ring (bicyclic) bond motifs is 1. The molecule has 0 aromatic heterocycles. The first-order valence-electron chi connectivity index (χ1n) is 6.46. The summed E-state index contributed by atoms with van der Waals surface area (Å²) in [6.45, 7) is 4.37. The summed E-state index contributed by atoms with van der Waals surface area (Å²) in [4.78, 5) is 24.7. The van der Waals surface area contributed by atoms with Gasteiger partial charge >= 0.3 is 6.09 Å². The maximum absolute atomic E-state index is 11.6. The first kappa shape index (κ1) is 13.4. The predicted octanol–water partition coefficient (Wildman–Crippen LogP) is 2.55. The molecule has 5 heteroatoms. The Labute approximate surface area is 112 Å². The Balaban J connectivity index is 2.23. The summed E-state index contributed by atoms with van der Waals surface area (Å²) >= 11 is 0. The maximum atomic E-state index is 11.6. The summed E-state index contributed by atoms with van der Waals surface area (Å²) in [6.07, 6.45) is 1.45. The fourth-order valence-corrected chi connectivity index (χ4v) is 2.26. The Kier molecular flexibility index (Phi) is 4.04. The van der Waals surface area contributed by atoms with Gasteiger partial charge in [-0.3, -0.25) is 10.1 Å². The lowest BCUT2D eigenvalue weighted by molar-refractivity contribution is -0.116. The standard InChI is InChI=1S/C14H18N2O3/c1-3-19-14(18)15-12-7-6-11-5-4-8-16(10(2)17)13(11)9-12/h6-7,9H,3-5,8H2,1-2H3,(H,15,18). The third-order valence-corrected chi connectivity index (χ3v) is 3.11. The van der Waals surface area contributed by atoms with Crippen molar-refractivity contribution in [1.82, 2.24) is 0 Å². The second kappa shape index (κ2) is 5.73. The van der Waals surface area contributed by atoms with Crippen LogP contribution < -0.4 is 10.2 Å². The number of benzene rings is 1. The molecule has 2 amide bonds. The number of ether oxygens (including phenoxy) is 1. The molecule has 1 heterocycles. The first-order valence-corrected chi connectivity index (χ1v) is 6.46. The second-order valence-electron chi connectivity index (χ2n) is 4.46. The van der Waals surface area contributed by atoms with Crippen molar-refractivity contribution < 1.29 is 14.3 Å². The number of nitrogens with zero attached hydrogens (tertiary/aromatic N) is 1. The van der Waals surface area contributed by atoms with E-state index in [0.717, 1.165) is 30.6 Å². The number of hydrogen-bond donors (Lipinski definition) is 1. The minimum atomic E-state index is -0.479. The lowest BCUT2D eigenvalue weighted by Crippen LogP contribution is -2.33. The van der Waals surface area contributed by atoms with Crippen molar-refractivity contribution in [3.05, 3.63) is 23.8 Å². The predicted molar refractivity (Wildman–Crippen MR) is 73.4 cm³/mol. The minimum Gasteiger partial charge on any atom is -0.450 e. The van der Waals surface area contributed by atoms with E-state index >= 15 is 0 Å². The molecule has 1 aliphatic heterocycles. The molecule has 1 N–H and O–H groups in total. The molecule has 1 aliphatic rings. The quantitative estimate of drug-likeness (QED) is 0.891. The molecule has 0 fully saturated rings. The number of carbonyl (C=O) groups excluding carboxylic acids is 2. The summed E-state index contributed by atoms with van der Waals surface area (Å²) in [5.41, 5.74) is 2.66. The van der Waals surface area contributed by atoms with Crippen LogP contribution in [0.4, 0.5) is 16.2 Å². The van der Waals surface area contributed by atoms with Crippen molar-refractivity contribution in [2.75, 3.05) is 23.4 Å². The molecule has 0 atom stereocenters. The summed E-state index contributed by atoms with van der Waals surface area (Å²) in [5.74, 6) is 0.0224. The van der Waals surface area contributed by atoms with Gasteiger partial charge in [-0.15, -0.1) is 0 Å². The molecule has 0 saturated carbocycles. The molecule has 0 bridgehead atoms. The average molecular weight is 262 g/mol.